The van der Waals surface area contributed by atoms with Crippen LogP contribution in [-0.2, 0) is 13.6 Å². The van der Waals surface area contributed by atoms with Gasteiger partial charge in [-0.05, 0) is 32.6 Å². The lowest BCUT2D eigenvalue weighted by Gasteiger charge is -2.21. The van der Waals surface area contributed by atoms with Crippen LogP contribution in [0.5, 0.6) is 5.75 Å². The van der Waals surface area contributed by atoms with Crippen LogP contribution in [0, 0.1) is 6.92 Å². The summed E-state index contributed by atoms with van der Waals surface area (Å²) in [5.74, 6) is 0.955. The van der Waals surface area contributed by atoms with Crippen molar-refractivity contribution >= 4 is 14.5 Å². The van der Waals surface area contributed by atoms with E-state index in [1.54, 1.807) is 0 Å². The maximum atomic E-state index is 6.11. The van der Waals surface area contributed by atoms with Gasteiger partial charge in [0, 0.05) is 30.1 Å². The molecule has 1 aromatic heterocycles. The lowest BCUT2D eigenvalue weighted by molar-refractivity contribution is 0.549. The molecule has 0 unspecified atom stereocenters. The Bertz CT molecular complexity index is 641. The number of para-hydroxylation sites is 1. The molecule has 5 heteroatoms. The van der Waals surface area contributed by atoms with Crippen LogP contribution in [0.25, 0.3) is 0 Å². The second-order valence-electron chi connectivity index (χ2n) is 6.10. The number of aliphatic imine (C=N–C) groups is 1. The number of benzene rings is 1. The summed E-state index contributed by atoms with van der Waals surface area (Å²) in [5, 5.41) is 4.21. The fourth-order valence-electron chi connectivity index (χ4n) is 1.95. The van der Waals surface area contributed by atoms with Gasteiger partial charge < -0.3 is 4.43 Å². The van der Waals surface area contributed by atoms with E-state index in [4.69, 9.17) is 4.43 Å². The third-order valence-electron chi connectivity index (χ3n) is 3.15. The maximum absolute atomic E-state index is 6.11. The minimum absolute atomic E-state index is 0.620. The fraction of sp³-hybridized carbons (Fsp3) is 0.375. The van der Waals surface area contributed by atoms with Crippen LogP contribution in [-0.4, -0.2) is 24.3 Å². The summed E-state index contributed by atoms with van der Waals surface area (Å²) in [6.07, 6.45) is 3.72. The quantitative estimate of drug-likeness (QED) is 0.625. The van der Waals surface area contributed by atoms with Gasteiger partial charge in [-0.3, -0.25) is 9.67 Å². The van der Waals surface area contributed by atoms with E-state index in [0.717, 1.165) is 22.6 Å². The monoisotopic (exact) mass is 301 g/mol. The van der Waals surface area contributed by atoms with Gasteiger partial charge in [-0.25, -0.2) is 0 Å². The Kier molecular flexibility index (Phi) is 4.62. The number of nitrogens with zero attached hydrogens (tertiary/aromatic N) is 3. The molecule has 0 radical (unpaired) electrons. The van der Waals surface area contributed by atoms with Crippen molar-refractivity contribution in [2.45, 2.75) is 33.1 Å². The lowest BCUT2D eigenvalue weighted by Crippen LogP contribution is -2.29. The van der Waals surface area contributed by atoms with Crippen molar-refractivity contribution in [1.82, 2.24) is 9.78 Å². The highest BCUT2D eigenvalue weighted by Crippen LogP contribution is 2.22. The van der Waals surface area contributed by atoms with Crippen LogP contribution >= 0.6 is 0 Å². The molecule has 2 aromatic rings. The first-order valence-corrected chi connectivity index (χ1v) is 10.5. The zero-order valence-corrected chi connectivity index (χ0v) is 14.4. The molecule has 21 heavy (non-hydrogen) atoms. The smallest absolute Gasteiger partial charge is 0.242 e. The number of hydrogen-bond donors (Lipinski definition) is 0. The molecule has 2 rings (SSSR count). The predicted molar refractivity (Wildman–Crippen MR) is 89.7 cm³/mol. The number of rotatable bonds is 5. The van der Waals surface area contributed by atoms with Gasteiger partial charge in [0.25, 0.3) is 0 Å². The van der Waals surface area contributed by atoms with Crippen molar-refractivity contribution in [3.05, 3.63) is 47.3 Å². The topological polar surface area (TPSA) is 39.4 Å². The highest BCUT2D eigenvalue weighted by atomic mass is 28.4. The van der Waals surface area contributed by atoms with Crippen LogP contribution in [0.15, 0.2) is 35.5 Å². The first-order chi connectivity index (χ1) is 9.87. The summed E-state index contributed by atoms with van der Waals surface area (Å²) >= 11 is 0. The van der Waals surface area contributed by atoms with E-state index < -0.39 is 8.32 Å². The van der Waals surface area contributed by atoms with Gasteiger partial charge in [0.2, 0.25) is 8.32 Å². The Hall–Kier alpha value is -1.88. The summed E-state index contributed by atoms with van der Waals surface area (Å²) in [4.78, 5) is 4.53. The zero-order valence-electron chi connectivity index (χ0n) is 13.4. The van der Waals surface area contributed by atoms with Gasteiger partial charge in [0.1, 0.15) is 5.75 Å². The molecule has 1 aromatic carbocycles. The number of aryl methyl sites for hydroxylation is 1. The summed E-state index contributed by atoms with van der Waals surface area (Å²) in [5.41, 5.74) is 3.30. The molecule has 0 bridgehead atoms. The average molecular weight is 301 g/mol. The van der Waals surface area contributed by atoms with E-state index >= 15 is 0 Å². The van der Waals surface area contributed by atoms with Crippen molar-refractivity contribution < 1.29 is 4.43 Å². The van der Waals surface area contributed by atoms with Crippen molar-refractivity contribution in [2.75, 3.05) is 0 Å². The van der Waals surface area contributed by atoms with Gasteiger partial charge in [0.15, 0.2) is 0 Å². The highest BCUT2D eigenvalue weighted by Gasteiger charge is 2.17. The molecule has 0 saturated carbocycles. The van der Waals surface area contributed by atoms with E-state index in [1.165, 1.54) is 0 Å². The minimum Gasteiger partial charge on any atom is -0.544 e. The Morgan fingerprint density at radius 1 is 1.29 bits per heavy atom. The normalized spacial score (nSPS) is 12.0. The molecule has 0 aliphatic rings. The molecule has 112 valence electrons. The lowest BCUT2D eigenvalue weighted by atomic mass is 10.2. The molecule has 0 fully saturated rings. The molecular formula is C16H23N3OSi. The van der Waals surface area contributed by atoms with Crippen LogP contribution in [0.3, 0.4) is 0 Å². The van der Waals surface area contributed by atoms with Crippen LogP contribution in [0.1, 0.15) is 16.8 Å². The van der Waals surface area contributed by atoms with Crippen LogP contribution < -0.4 is 4.43 Å². The van der Waals surface area contributed by atoms with Gasteiger partial charge in [0.05, 0.1) is 12.7 Å². The Balaban J connectivity index is 2.11. The van der Waals surface area contributed by atoms with Crippen molar-refractivity contribution in [1.29, 1.82) is 0 Å². The van der Waals surface area contributed by atoms with Crippen molar-refractivity contribution in [2.24, 2.45) is 12.0 Å². The van der Waals surface area contributed by atoms with Gasteiger partial charge in [-0.1, -0.05) is 18.2 Å². The Morgan fingerprint density at radius 2 is 2.00 bits per heavy atom. The predicted octanol–water partition coefficient (Wildman–Crippen LogP) is 3.56. The second kappa shape index (κ2) is 6.26. The minimum atomic E-state index is -1.60. The molecule has 0 spiro atoms. The van der Waals surface area contributed by atoms with E-state index in [9.17, 15) is 0 Å². The summed E-state index contributed by atoms with van der Waals surface area (Å²) in [6.45, 7) is 9.22. The molecular weight excluding hydrogens is 278 g/mol. The Morgan fingerprint density at radius 3 is 2.62 bits per heavy atom. The summed E-state index contributed by atoms with van der Waals surface area (Å²) in [6, 6.07) is 8.13. The third-order valence-corrected chi connectivity index (χ3v) is 3.99. The van der Waals surface area contributed by atoms with Crippen molar-refractivity contribution in [3.8, 4) is 5.75 Å². The molecule has 0 aliphatic heterocycles. The zero-order chi connectivity index (χ0) is 15.5. The standard InChI is InChI=1S/C16H23N3OSi/c1-13-15(12-18-19(13)2)11-17-10-14-8-6-7-9-16(14)20-21(3,4)5/h6-9,11-12H,10H2,1-5H3. The molecule has 0 N–H and O–H groups in total. The molecule has 0 saturated heterocycles. The van der Waals surface area contributed by atoms with E-state index in [-0.39, 0.29) is 0 Å². The van der Waals surface area contributed by atoms with E-state index in [2.05, 4.69) is 35.8 Å². The number of aromatic nitrogens is 2. The molecule has 1 heterocycles. The summed E-state index contributed by atoms with van der Waals surface area (Å²) in [7, 11) is 0.331. The van der Waals surface area contributed by atoms with Crippen LogP contribution in [0.4, 0.5) is 0 Å². The van der Waals surface area contributed by atoms with Gasteiger partial charge in [-0.15, -0.1) is 0 Å². The van der Waals surface area contributed by atoms with Gasteiger partial charge >= 0.3 is 0 Å². The largest absolute Gasteiger partial charge is 0.544 e. The highest BCUT2D eigenvalue weighted by molar-refractivity contribution is 6.70. The molecule has 4 nitrogen and oxygen atoms in total. The average Bonchev–Trinajstić information content (AvgIpc) is 2.71. The fourth-order valence-corrected chi connectivity index (χ4v) is 2.81. The third kappa shape index (κ3) is 4.29. The van der Waals surface area contributed by atoms with E-state index in [1.807, 2.05) is 49.3 Å². The first-order valence-electron chi connectivity index (χ1n) is 7.12. The second-order valence-corrected chi connectivity index (χ2v) is 10.5. The molecule has 0 aliphatic carbocycles. The SMILES string of the molecule is Cc1c(C=NCc2ccccc2O[Si](C)(C)C)cnn1C. The first kappa shape index (κ1) is 15.5. The van der Waals surface area contributed by atoms with Gasteiger partial charge in [-0.2, -0.15) is 5.10 Å². The van der Waals surface area contributed by atoms with E-state index in [0.29, 0.717) is 6.54 Å². The number of hydrogen-bond acceptors (Lipinski definition) is 3. The molecule has 0 amide bonds. The molecule has 0 atom stereocenters. The summed E-state index contributed by atoms with van der Waals surface area (Å²) < 4.78 is 7.96. The van der Waals surface area contributed by atoms with Crippen molar-refractivity contribution in [3.63, 3.8) is 0 Å². The maximum Gasteiger partial charge on any atom is 0.242 e. The van der Waals surface area contributed by atoms with Crippen LogP contribution in [0.2, 0.25) is 19.6 Å². The Labute approximate surface area is 127 Å².